The molecule has 0 bridgehead atoms. The van der Waals surface area contributed by atoms with Crippen LogP contribution in [0.15, 0.2) is 72.8 Å². The lowest BCUT2D eigenvalue weighted by molar-refractivity contribution is -0.115. The van der Waals surface area contributed by atoms with Crippen molar-refractivity contribution < 1.29 is 19.1 Å². The maximum Gasteiger partial charge on any atom is 0.231 e. The van der Waals surface area contributed by atoms with Gasteiger partial charge in [-0.2, -0.15) is 0 Å². The van der Waals surface area contributed by atoms with Crippen molar-refractivity contribution in [3.63, 3.8) is 0 Å². The summed E-state index contributed by atoms with van der Waals surface area (Å²) < 4.78 is 12.4. The highest BCUT2D eigenvalue weighted by Crippen LogP contribution is 2.50. The number of hydrogen-bond acceptors (Lipinski definition) is 4. The van der Waals surface area contributed by atoms with E-state index in [1.807, 2.05) is 62.4 Å². The van der Waals surface area contributed by atoms with Crippen molar-refractivity contribution in [3.05, 3.63) is 83.9 Å². The van der Waals surface area contributed by atoms with Crippen molar-refractivity contribution in [1.82, 2.24) is 0 Å². The van der Waals surface area contributed by atoms with Crippen LogP contribution >= 0.6 is 0 Å². The Labute approximate surface area is 204 Å². The Morgan fingerprint density at radius 2 is 1.14 bits per heavy atom. The Kier molecular flexibility index (Phi) is 6.19. The van der Waals surface area contributed by atoms with Crippen LogP contribution in [0.4, 0.5) is 0 Å². The molecular formula is C31H26O4. The first-order valence-electron chi connectivity index (χ1n) is 11.9. The van der Waals surface area contributed by atoms with Gasteiger partial charge in [-0.3, -0.25) is 9.59 Å². The summed E-state index contributed by atoms with van der Waals surface area (Å²) >= 11 is 0. The van der Waals surface area contributed by atoms with Crippen molar-refractivity contribution in [2.24, 2.45) is 0 Å². The second-order valence-corrected chi connectivity index (χ2v) is 8.50. The fourth-order valence-electron chi connectivity index (χ4n) is 4.50. The Morgan fingerprint density at radius 3 is 1.57 bits per heavy atom. The number of carbonyl (C=O) groups is 2. The molecule has 0 spiro atoms. The third-order valence-corrected chi connectivity index (χ3v) is 6.31. The number of ether oxygens (including phenoxy) is 2. The average molecular weight is 463 g/mol. The molecule has 0 aliphatic carbocycles. The van der Waals surface area contributed by atoms with Crippen molar-refractivity contribution in [2.45, 2.75) is 26.7 Å². The number of rotatable bonds is 6. The molecule has 0 fully saturated rings. The van der Waals surface area contributed by atoms with E-state index in [-0.39, 0.29) is 18.4 Å². The molecule has 1 aliphatic rings. The second-order valence-electron chi connectivity index (χ2n) is 8.50. The van der Waals surface area contributed by atoms with Crippen LogP contribution in [0.3, 0.4) is 0 Å². The molecule has 0 aromatic heterocycles. The monoisotopic (exact) mass is 462 g/mol. The number of ketones is 2. The molecule has 1 aliphatic heterocycles. The minimum absolute atomic E-state index is 0.0157. The summed E-state index contributed by atoms with van der Waals surface area (Å²) in [4.78, 5) is 24.1. The number of hydrogen-bond donors (Lipinski definition) is 0. The van der Waals surface area contributed by atoms with Gasteiger partial charge in [-0.05, 0) is 58.0 Å². The van der Waals surface area contributed by atoms with Crippen LogP contribution in [0, 0.1) is 0 Å². The van der Waals surface area contributed by atoms with Gasteiger partial charge in [-0.1, -0.05) is 62.4 Å². The van der Waals surface area contributed by atoms with E-state index in [2.05, 4.69) is 24.3 Å². The summed E-state index contributed by atoms with van der Waals surface area (Å²) in [6, 6.07) is 20.4. The average Bonchev–Trinajstić information content (AvgIpc) is 3.10. The lowest BCUT2D eigenvalue weighted by Gasteiger charge is -2.17. The zero-order valence-corrected chi connectivity index (χ0v) is 19.8. The highest BCUT2D eigenvalue weighted by atomic mass is 16.7. The maximum absolute atomic E-state index is 12.1. The van der Waals surface area contributed by atoms with E-state index < -0.39 is 0 Å². The number of carbonyl (C=O) groups excluding carboxylic acids is 2. The first-order chi connectivity index (χ1) is 17.1. The summed E-state index contributed by atoms with van der Waals surface area (Å²) in [7, 11) is 0. The Balaban J connectivity index is 1.89. The SMILES string of the molecule is CCC(=O)/C=C\c1cc2ccccc2c2c1OCOc1c(/C=C\C(=O)CC)cc3ccccc3c1-2. The second kappa shape index (κ2) is 9.59. The van der Waals surface area contributed by atoms with Gasteiger partial charge in [0.25, 0.3) is 0 Å². The van der Waals surface area contributed by atoms with Gasteiger partial charge in [0, 0.05) is 35.1 Å². The molecule has 1 heterocycles. The van der Waals surface area contributed by atoms with E-state index in [1.54, 1.807) is 12.2 Å². The van der Waals surface area contributed by atoms with Crippen molar-refractivity contribution in [3.8, 4) is 22.6 Å². The van der Waals surface area contributed by atoms with Crippen LogP contribution in [0.1, 0.15) is 37.8 Å². The van der Waals surface area contributed by atoms with Crippen LogP contribution in [-0.2, 0) is 9.59 Å². The largest absolute Gasteiger partial charge is 0.456 e. The zero-order valence-electron chi connectivity index (χ0n) is 19.8. The first-order valence-corrected chi connectivity index (χ1v) is 11.9. The van der Waals surface area contributed by atoms with Crippen LogP contribution in [0.5, 0.6) is 11.5 Å². The van der Waals surface area contributed by atoms with Crippen LogP contribution in [0.2, 0.25) is 0 Å². The normalized spacial score (nSPS) is 12.9. The third kappa shape index (κ3) is 4.24. The number of allylic oxidation sites excluding steroid dienone is 2. The summed E-state index contributed by atoms with van der Waals surface area (Å²) in [6.45, 7) is 3.71. The minimum atomic E-state index is 0.0157. The van der Waals surface area contributed by atoms with Crippen LogP contribution in [-0.4, -0.2) is 18.4 Å². The molecule has 174 valence electrons. The first kappa shape index (κ1) is 22.6. The zero-order chi connectivity index (χ0) is 24.4. The van der Waals surface area contributed by atoms with E-state index in [0.717, 1.165) is 43.8 Å². The fraction of sp³-hybridized carbons (Fsp3) is 0.161. The summed E-state index contributed by atoms with van der Waals surface area (Å²) in [5, 5.41) is 4.14. The summed E-state index contributed by atoms with van der Waals surface area (Å²) in [6.07, 6.45) is 7.75. The molecule has 0 N–H and O–H groups in total. The molecule has 0 saturated heterocycles. The highest BCUT2D eigenvalue weighted by Gasteiger charge is 2.26. The standard InChI is InChI=1S/C31H26O4/c1-3-24(32)15-13-22-17-20-9-5-7-11-26(20)28-29-27-12-8-6-10-21(27)18-23(14-16-25(33)4-2)31(29)35-19-34-30(22)28/h5-18H,3-4,19H2,1-2H3/b15-13-,16-14-. The molecule has 4 aromatic carbocycles. The van der Waals surface area contributed by atoms with Gasteiger partial charge in [-0.25, -0.2) is 0 Å². The Bertz CT molecular complexity index is 1410. The molecule has 0 amide bonds. The summed E-state index contributed by atoms with van der Waals surface area (Å²) in [5.41, 5.74) is 3.49. The summed E-state index contributed by atoms with van der Waals surface area (Å²) in [5.74, 6) is 1.46. The van der Waals surface area contributed by atoms with Crippen molar-refractivity contribution in [2.75, 3.05) is 6.79 Å². The van der Waals surface area contributed by atoms with Gasteiger partial charge in [0.1, 0.15) is 11.5 Å². The van der Waals surface area contributed by atoms with Gasteiger partial charge in [-0.15, -0.1) is 0 Å². The topological polar surface area (TPSA) is 52.6 Å². The van der Waals surface area contributed by atoms with E-state index in [4.69, 9.17) is 9.47 Å². The van der Waals surface area contributed by atoms with Crippen molar-refractivity contribution >= 4 is 45.3 Å². The lowest BCUT2D eigenvalue weighted by Crippen LogP contribution is -2.05. The minimum Gasteiger partial charge on any atom is -0.456 e. The lowest BCUT2D eigenvalue weighted by atomic mass is 9.88. The molecule has 0 atom stereocenters. The van der Waals surface area contributed by atoms with Gasteiger partial charge < -0.3 is 9.47 Å². The Hall–Kier alpha value is -4.18. The van der Waals surface area contributed by atoms with E-state index in [9.17, 15) is 9.59 Å². The van der Waals surface area contributed by atoms with Crippen LogP contribution < -0.4 is 9.47 Å². The van der Waals surface area contributed by atoms with Gasteiger partial charge >= 0.3 is 0 Å². The number of benzene rings is 4. The van der Waals surface area contributed by atoms with Gasteiger partial charge in [0.05, 0.1) is 0 Å². The quantitative estimate of drug-likeness (QED) is 0.281. The molecule has 4 nitrogen and oxygen atoms in total. The highest BCUT2D eigenvalue weighted by molar-refractivity contribution is 6.12. The fourth-order valence-corrected chi connectivity index (χ4v) is 4.50. The molecule has 5 rings (SSSR count). The predicted octanol–water partition coefficient (Wildman–Crippen LogP) is 7.37. The van der Waals surface area contributed by atoms with E-state index >= 15 is 0 Å². The molecule has 4 aromatic rings. The van der Waals surface area contributed by atoms with E-state index in [1.165, 1.54) is 0 Å². The maximum atomic E-state index is 12.1. The molecule has 0 saturated carbocycles. The smallest absolute Gasteiger partial charge is 0.231 e. The molecule has 0 radical (unpaired) electrons. The van der Waals surface area contributed by atoms with Crippen LogP contribution in [0.25, 0.3) is 44.8 Å². The number of fused-ring (bicyclic) bond motifs is 7. The predicted molar refractivity (Wildman–Crippen MR) is 142 cm³/mol. The molecule has 0 unspecified atom stereocenters. The van der Waals surface area contributed by atoms with Crippen molar-refractivity contribution in [1.29, 1.82) is 0 Å². The van der Waals surface area contributed by atoms with Gasteiger partial charge in [0.15, 0.2) is 11.6 Å². The molecule has 35 heavy (non-hydrogen) atoms. The molecular weight excluding hydrogens is 436 g/mol. The third-order valence-electron chi connectivity index (χ3n) is 6.31. The van der Waals surface area contributed by atoms with Gasteiger partial charge in [0.2, 0.25) is 6.79 Å². The molecule has 4 heteroatoms. The van der Waals surface area contributed by atoms with E-state index in [0.29, 0.717) is 24.3 Å². The Morgan fingerprint density at radius 1 is 0.714 bits per heavy atom.